The Kier molecular flexibility index (Phi) is 5.83. The molecular weight excluding hydrogens is 190 g/mol. The Morgan fingerprint density at radius 1 is 1.47 bits per heavy atom. The van der Waals surface area contributed by atoms with E-state index in [-0.39, 0.29) is 17.4 Å². The normalized spacial score (nSPS) is 14.3. The largest absolute Gasteiger partial charge is 0.368 e. The fourth-order valence-corrected chi connectivity index (χ4v) is 1.76. The maximum Gasteiger partial charge on any atom is 0.234 e. The van der Waals surface area contributed by atoms with Crippen molar-refractivity contribution in [2.75, 3.05) is 27.2 Å². The highest BCUT2D eigenvalue weighted by atomic mass is 16.1. The standard InChI is InChI=1S/C11H25N3O/c1-6-9(10(12)15)13-7-11(2,3)8-14(4)5/h9,13H,6-8H2,1-5H3,(H2,12,15). The molecule has 0 fully saturated rings. The van der Waals surface area contributed by atoms with Gasteiger partial charge >= 0.3 is 0 Å². The van der Waals surface area contributed by atoms with E-state index in [1.165, 1.54) is 0 Å². The van der Waals surface area contributed by atoms with E-state index >= 15 is 0 Å². The second kappa shape index (κ2) is 6.08. The van der Waals surface area contributed by atoms with Crippen LogP contribution in [0, 0.1) is 5.41 Å². The van der Waals surface area contributed by atoms with Crippen LogP contribution in [0.25, 0.3) is 0 Å². The Morgan fingerprint density at radius 2 is 2.00 bits per heavy atom. The monoisotopic (exact) mass is 215 g/mol. The molecule has 0 aliphatic carbocycles. The molecule has 15 heavy (non-hydrogen) atoms. The van der Waals surface area contributed by atoms with Crippen molar-refractivity contribution >= 4 is 5.91 Å². The smallest absolute Gasteiger partial charge is 0.234 e. The molecule has 0 aliphatic heterocycles. The summed E-state index contributed by atoms with van der Waals surface area (Å²) in [5.74, 6) is -0.266. The Labute approximate surface area is 93.2 Å². The van der Waals surface area contributed by atoms with Crippen LogP contribution < -0.4 is 11.1 Å². The fraction of sp³-hybridized carbons (Fsp3) is 0.909. The Balaban J connectivity index is 4.06. The molecule has 0 aromatic rings. The molecule has 0 aromatic carbocycles. The second-order valence-corrected chi connectivity index (χ2v) is 5.15. The van der Waals surface area contributed by atoms with Gasteiger partial charge in [-0.05, 0) is 25.9 Å². The van der Waals surface area contributed by atoms with Crippen LogP contribution in [-0.2, 0) is 4.79 Å². The molecule has 0 aliphatic rings. The van der Waals surface area contributed by atoms with E-state index in [0.717, 1.165) is 19.5 Å². The van der Waals surface area contributed by atoms with E-state index in [0.29, 0.717) is 0 Å². The van der Waals surface area contributed by atoms with Crippen LogP contribution in [0.3, 0.4) is 0 Å². The molecule has 4 heteroatoms. The lowest BCUT2D eigenvalue weighted by Crippen LogP contribution is -2.46. The summed E-state index contributed by atoms with van der Waals surface area (Å²) in [7, 11) is 4.10. The molecule has 4 nitrogen and oxygen atoms in total. The van der Waals surface area contributed by atoms with Crippen LogP contribution in [0.2, 0.25) is 0 Å². The third-order valence-corrected chi connectivity index (χ3v) is 2.32. The number of nitrogens with one attached hydrogen (secondary N) is 1. The summed E-state index contributed by atoms with van der Waals surface area (Å²) < 4.78 is 0. The van der Waals surface area contributed by atoms with Gasteiger partial charge in [0.25, 0.3) is 0 Å². The lowest BCUT2D eigenvalue weighted by Gasteiger charge is -2.30. The average molecular weight is 215 g/mol. The third kappa shape index (κ3) is 6.47. The molecule has 0 spiro atoms. The number of nitrogens with two attached hydrogens (primary N) is 1. The predicted octanol–water partition coefficient (Wildman–Crippen LogP) is 0.428. The SMILES string of the molecule is CCC(NCC(C)(C)CN(C)C)C(N)=O. The highest BCUT2D eigenvalue weighted by Crippen LogP contribution is 2.14. The van der Waals surface area contributed by atoms with Gasteiger partial charge in [0.05, 0.1) is 6.04 Å². The van der Waals surface area contributed by atoms with E-state index < -0.39 is 0 Å². The summed E-state index contributed by atoms with van der Waals surface area (Å²) >= 11 is 0. The van der Waals surface area contributed by atoms with Crippen LogP contribution in [0.1, 0.15) is 27.2 Å². The first-order valence-electron chi connectivity index (χ1n) is 5.46. The molecule has 0 saturated heterocycles. The zero-order chi connectivity index (χ0) is 12.1. The summed E-state index contributed by atoms with van der Waals surface area (Å²) in [6.45, 7) is 8.09. The van der Waals surface area contributed by atoms with E-state index in [4.69, 9.17) is 5.73 Å². The quantitative estimate of drug-likeness (QED) is 0.647. The van der Waals surface area contributed by atoms with Crippen LogP contribution in [0.5, 0.6) is 0 Å². The summed E-state index contributed by atoms with van der Waals surface area (Å²) in [5, 5.41) is 3.21. The zero-order valence-electron chi connectivity index (χ0n) is 10.6. The van der Waals surface area contributed by atoms with Gasteiger partial charge in [-0.25, -0.2) is 0 Å². The molecule has 0 bridgehead atoms. The number of rotatable bonds is 7. The van der Waals surface area contributed by atoms with Crippen LogP contribution in [0.15, 0.2) is 0 Å². The van der Waals surface area contributed by atoms with Gasteiger partial charge in [-0.15, -0.1) is 0 Å². The maximum atomic E-state index is 11.0. The summed E-state index contributed by atoms with van der Waals surface area (Å²) in [6, 6.07) is -0.202. The number of nitrogens with zero attached hydrogens (tertiary/aromatic N) is 1. The lowest BCUT2D eigenvalue weighted by atomic mass is 9.92. The molecular formula is C11H25N3O. The van der Waals surface area contributed by atoms with Gasteiger partial charge in [0.15, 0.2) is 0 Å². The van der Waals surface area contributed by atoms with Gasteiger partial charge < -0.3 is 16.0 Å². The van der Waals surface area contributed by atoms with Crippen molar-refractivity contribution in [2.45, 2.75) is 33.2 Å². The molecule has 0 saturated carbocycles. The highest BCUT2D eigenvalue weighted by molar-refractivity contribution is 5.79. The molecule has 0 heterocycles. The van der Waals surface area contributed by atoms with Crippen molar-refractivity contribution in [2.24, 2.45) is 11.1 Å². The summed E-state index contributed by atoms with van der Waals surface area (Å²) in [5.41, 5.74) is 5.41. The van der Waals surface area contributed by atoms with Crippen molar-refractivity contribution in [3.63, 3.8) is 0 Å². The van der Waals surface area contributed by atoms with Crippen LogP contribution in [-0.4, -0.2) is 44.0 Å². The van der Waals surface area contributed by atoms with Gasteiger partial charge in [0.1, 0.15) is 0 Å². The number of carbonyl (C=O) groups is 1. The molecule has 0 radical (unpaired) electrons. The highest BCUT2D eigenvalue weighted by Gasteiger charge is 2.21. The van der Waals surface area contributed by atoms with Gasteiger partial charge in [0, 0.05) is 13.1 Å². The van der Waals surface area contributed by atoms with Crippen molar-refractivity contribution in [1.82, 2.24) is 10.2 Å². The summed E-state index contributed by atoms with van der Waals surface area (Å²) in [4.78, 5) is 13.2. The second-order valence-electron chi connectivity index (χ2n) is 5.15. The number of amides is 1. The van der Waals surface area contributed by atoms with Gasteiger partial charge in [-0.2, -0.15) is 0 Å². The first kappa shape index (κ1) is 14.4. The average Bonchev–Trinajstić information content (AvgIpc) is 2.01. The molecule has 1 unspecified atom stereocenters. The Bertz CT molecular complexity index is 202. The first-order valence-corrected chi connectivity index (χ1v) is 5.46. The number of hydrogen-bond donors (Lipinski definition) is 2. The Hall–Kier alpha value is -0.610. The van der Waals surface area contributed by atoms with E-state index in [2.05, 4.69) is 24.1 Å². The van der Waals surface area contributed by atoms with Crippen molar-refractivity contribution in [3.8, 4) is 0 Å². The first-order chi connectivity index (χ1) is 6.78. The topological polar surface area (TPSA) is 58.4 Å². The molecule has 0 rings (SSSR count). The molecule has 0 aromatic heterocycles. The minimum absolute atomic E-state index is 0.145. The van der Waals surface area contributed by atoms with Crippen LogP contribution >= 0.6 is 0 Å². The fourth-order valence-electron chi connectivity index (χ4n) is 1.76. The van der Waals surface area contributed by atoms with Crippen molar-refractivity contribution in [1.29, 1.82) is 0 Å². The minimum atomic E-state index is -0.266. The van der Waals surface area contributed by atoms with Crippen molar-refractivity contribution < 1.29 is 4.79 Å². The van der Waals surface area contributed by atoms with Crippen molar-refractivity contribution in [3.05, 3.63) is 0 Å². The zero-order valence-corrected chi connectivity index (χ0v) is 10.6. The molecule has 1 atom stereocenters. The van der Waals surface area contributed by atoms with Crippen LogP contribution in [0.4, 0.5) is 0 Å². The van der Waals surface area contributed by atoms with E-state index in [1.807, 2.05) is 21.0 Å². The maximum absolute atomic E-state index is 11.0. The number of carbonyl (C=O) groups excluding carboxylic acids is 1. The Morgan fingerprint density at radius 3 is 2.33 bits per heavy atom. The van der Waals surface area contributed by atoms with E-state index in [9.17, 15) is 4.79 Å². The van der Waals surface area contributed by atoms with Gasteiger partial charge in [0.2, 0.25) is 5.91 Å². The predicted molar refractivity (Wildman–Crippen MR) is 63.6 cm³/mol. The van der Waals surface area contributed by atoms with Gasteiger partial charge in [-0.3, -0.25) is 4.79 Å². The number of hydrogen-bond acceptors (Lipinski definition) is 3. The number of primary amides is 1. The van der Waals surface area contributed by atoms with E-state index in [1.54, 1.807) is 0 Å². The van der Waals surface area contributed by atoms with Gasteiger partial charge in [-0.1, -0.05) is 20.8 Å². The lowest BCUT2D eigenvalue weighted by molar-refractivity contribution is -0.120. The minimum Gasteiger partial charge on any atom is -0.368 e. The molecule has 90 valence electrons. The summed E-state index contributed by atoms with van der Waals surface area (Å²) in [6.07, 6.45) is 0.743. The molecule has 3 N–H and O–H groups in total. The third-order valence-electron chi connectivity index (χ3n) is 2.32. The molecule has 1 amide bonds.